The third kappa shape index (κ3) is 5.06. The molecule has 0 heterocycles. The molecule has 0 radical (unpaired) electrons. The van der Waals surface area contributed by atoms with Crippen LogP contribution < -0.4 is 0 Å². The second kappa shape index (κ2) is 4.87. The number of hydrogen-bond donors (Lipinski definition) is 1. The van der Waals surface area contributed by atoms with E-state index in [2.05, 4.69) is 15.9 Å². The van der Waals surface area contributed by atoms with Gasteiger partial charge in [0.05, 0.1) is 0 Å². The Morgan fingerprint density at radius 1 is 1.40 bits per heavy atom. The van der Waals surface area contributed by atoms with E-state index in [1.54, 1.807) is 24.3 Å². The molecule has 1 N–H and O–H groups in total. The zero-order valence-electron chi connectivity index (χ0n) is 7.68. The van der Waals surface area contributed by atoms with Gasteiger partial charge in [0.15, 0.2) is 5.78 Å². The summed E-state index contributed by atoms with van der Waals surface area (Å²) in [7, 11) is -4.21. The van der Waals surface area contributed by atoms with E-state index in [0.29, 0.717) is 5.56 Å². The van der Waals surface area contributed by atoms with E-state index >= 15 is 0 Å². The largest absolute Gasteiger partial charge is 0.298 e. The van der Waals surface area contributed by atoms with Gasteiger partial charge in [-0.2, -0.15) is 8.42 Å². The Morgan fingerprint density at radius 2 is 2.07 bits per heavy atom. The minimum atomic E-state index is -4.21. The molecule has 0 spiro atoms. The minimum absolute atomic E-state index is 0.000764. The van der Waals surface area contributed by atoms with Crippen LogP contribution in [0.2, 0.25) is 0 Å². The molecule has 0 bridgehead atoms. The van der Waals surface area contributed by atoms with Gasteiger partial charge in [0.2, 0.25) is 0 Å². The van der Waals surface area contributed by atoms with Gasteiger partial charge in [-0.3, -0.25) is 9.35 Å². The summed E-state index contributed by atoms with van der Waals surface area (Å²) in [6.07, 6.45) is -0.000764. The molecular weight excluding hydrogens is 284 g/mol. The highest BCUT2D eigenvalue weighted by atomic mass is 79.9. The monoisotopic (exact) mass is 292 g/mol. The predicted octanol–water partition coefficient (Wildman–Crippen LogP) is 1.45. The molecule has 1 aromatic rings. The summed E-state index contributed by atoms with van der Waals surface area (Å²) in [5.74, 6) is -1.37. The molecular formula is C9H9BrO4S. The van der Waals surface area contributed by atoms with Crippen LogP contribution in [0.25, 0.3) is 0 Å². The fourth-order valence-corrected chi connectivity index (χ4v) is 2.08. The molecule has 1 aromatic carbocycles. The van der Waals surface area contributed by atoms with Crippen molar-refractivity contribution in [2.45, 2.75) is 6.42 Å². The van der Waals surface area contributed by atoms with Crippen molar-refractivity contribution in [3.8, 4) is 0 Å². The highest BCUT2D eigenvalue weighted by Gasteiger charge is 2.13. The topological polar surface area (TPSA) is 71.4 Å². The van der Waals surface area contributed by atoms with Crippen molar-refractivity contribution >= 4 is 31.8 Å². The first-order valence-corrected chi connectivity index (χ1v) is 6.48. The van der Waals surface area contributed by atoms with E-state index in [0.717, 1.165) is 4.47 Å². The molecule has 0 fully saturated rings. The van der Waals surface area contributed by atoms with Crippen LogP contribution in [0.5, 0.6) is 0 Å². The van der Waals surface area contributed by atoms with E-state index in [1.807, 2.05) is 0 Å². The Kier molecular flexibility index (Phi) is 4.01. The van der Waals surface area contributed by atoms with Crippen LogP contribution in [0.3, 0.4) is 0 Å². The number of rotatable bonds is 4. The van der Waals surface area contributed by atoms with Crippen LogP contribution in [0, 0.1) is 0 Å². The van der Waals surface area contributed by atoms with Crippen LogP contribution >= 0.6 is 15.9 Å². The molecule has 0 aliphatic heterocycles. The van der Waals surface area contributed by atoms with Crippen LogP contribution in [-0.2, 0) is 21.3 Å². The lowest BCUT2D eigenvalue weighted by Crippen LogP contribution is -2.16. The van der Waals surface area contributed by atoms with Gasteiger partial charge in [-0.1, -0.05) is 28.1 Å². The zero-order chi connectivity index (χ0) is 11.5. The average Bonchev–Trinajstić information content (AvgIpc) is 1.99. The summed E-state index contributed by atoms with van der Waals surface area (Å²) < 4.78 is 30.1. The van der Waals surface area contributed by atoms with Gasteiger partial charge >= 0.3 is 0 Å². The first-order chi connectivity index (χ1) is 6.87. The number of halogens is 1. The van der Waals surface area contributed by atoms with Crippen molar-refractivity contribution < 1.29 is 17.8 Å². The van der Waals surface area contributed by atoms with Gasteiger partial charge in [0, 0.05) is 10.9 Å². The lowest BCUT2D eigenvalue weighted by atomic mass is 10.1. The summed E-state index contributed by atoms with van der Waals surface area (Å²) in [6, 6.07) is 6.99. The Labute approximate surface area is 96.2 Å². The summed E-state index contributed by atoms with van der Waals surface area (Å²) in [5, 5.41) is 0. The van der Waals surface area contributed by atoms with Crippen molar-refractivity contribution in [2.75, 3.05) is 5.75 Å². The lowest BCUT2D eigenvalue weighted by Gasteiger charge is -2.00. The maximum atomic E-state index is 11.2. The van der Waals surface area contributed by atoms with Crippen molar-refractivity contribution in [3.63, 3.8) is 0 Å². The summed E-state index contributed by atoms with van der Waals surface area (Å²) in [6.45, 7) is 0. The smallest absolute Gasteiger partial charge is 0.272 e. The van der Waals surface area contributed by atoms with Gasteiger partial charge in [0.1, 0.15) is 5.75 Å². The molecule has 0 aromatic heterocycles. The third-order valence-corrected chi connectivity index (χ3v) is 2.81. The molecule has 0 aliphatic carbocycles. The van der Waals surface area contributed by atoms with Crippen LogP contribution in [-0.4, -0.2) is 24.5 Å². The summed E-state index contributed by atoms with van der Waals surface area (Å²) in [4.78, 5) is 11.2. The molecule has 0 saturated carbocycles. The van der Waals surface area contributed by atoms with E-state index in [9.17, 15) is 13.2 Å². The molecule has 4 nitrogen and oxygen atoms in total. The van der Waals surface area contributed by atoms with E-state index < -0.39 is 21.7 Å². The molecule has 0 aliphatic rings. The molecule has 82 valence electrons. The molecule has 0 amide bonds. The van der Waals surface area contributed by atoms with Crippen molar-refractivity contribution in [1.82, 2.24) is 0 Å². The van der Waals surface area contributed by atoms with E-state index in [4.69, 9.17) is 4.55 Å². The first kappa shape index (κ1) is 12.4. The van der Waals surface area contributed by atoms with Gasteiger partial charge in [-0.15, -0.1) is 0 Å². The SMILES string of the molecule is O=C(Cc1cccc(Br)c1)CS(=O)(=O)O. The van der Waals surface area contributed by atoms with Crippen LogP contribution in [0.1, 0.15) is 5.56 Å². The minimum Gasteiger partial charge on any atom is -0.298 e. The maximum absolute atomic E-state index is 11.2. The molecule has 15 heavy (non-hydrogen) atoms. The van der Waals surface area contributed by atoms with Crippen LogP contribution in [0.4, 0.5) is 0 Å². The van der Waals surface area contributed by atoms with E-state index in [-0.39, 0.29) is 6.42 Å². The van der Waals surface area contributed by atoms with E-state index in [1.165, 1.54) is 0 Å². The molecule has 0 saturated heterocycles. The van der Waals surface area contributed by atoms with Gasteiger partial charge in [-0.25, -0.2) is 0 Å². The first-order valence-electron chi connectivity index (χ1n) is 4.08. The van der Waals surface area contributed by atoms with Gasteiger partial charge < -0.3 is 0 Å². The Morgan fingerprint density at radius 3 is 2.60 bits per heavy atom. The fraction of sp³-hybridized carbons (Fsp3) is 0.222. The van der Waals surface area contributed by atoms with Crippen molar-refractivity contribution in [1.29, 1.82) is 0 Å². The van der Waals surface area contributed by atoms with Gasteiger partial charge in [0.25, 0.3) is 10.1 Å². The number of carbonyl (C=O) groups excluding carboxylic acids is 1. The van der Waals surface area contributed by atoms with Gasteiger partial charge in [-0.05, 0) is 17.7 Å². The van der Waals surface area contributed by atoms with Crippen LogP contribution in [0.15, 0.2) is 28.7 Å². The Hall–Kier alpha value is -0.720. The number of carbonyl (C=O) groups is 1. The average molecular weight is 293 g/mol. The molecule has 0 unspecified atom stereocenters. The maximum Gasteiger partial charge on any atom is 0.272 e. The highest BCUT2D eigenvalue weighted by Crippen LogP contribution is 2.12. The Bertz CT molecular complexity index is 467. The predicted molar refractivity (Wildman–Crippen MR) is 59.3 cm³/mol. The fourth-order valence-electron chi connectivity index (χ4n) is 1.13. The zero-order valence-corrected chi connectivity index (χ0v) is 10.1. The quantitative estimate of drug-likeness (QED) is 0.853. The number of hydrogen-bond acceptors (Lipinski definition) is 3. The highest BCUT2D eigenvalue weighted by molar-refractivity contribution is 9.10. The number of benzene rings is 1. The molecule has 1 rings (SSSR count). The third-order valence-electron chi connectivity index (χ3n) is 1.63. The molecule has 6 heteroatoms. The Balaban J connectivity index is 2.67. The number of Topliss-reactive ketones (excluding diaryl/α,β-unsaturated/α-hetero) is 1. The number of ketones is 1. The van der Waals surface area contributed by atoms with Crippen molar-refractivity contribution in [3.05, 3.63) is 34.3 Å². The lowest BCUT2D eigenvalue weighted by molar-refractivity contribution is -0.116. The second-order valence-corrected chi connectivity index (χ2v) is 5.44. The standard InChI is InChI=1S/C9H9BrO4S/c10-8-3-1-2-7(4-8)5-9(11)6-15(12,13)14/h1-4H,5-6H2,(H,12,13,14). The normalized spacial score (nSPS) is 11.3. The second-order valence-electron chi connectivity index (χ2n) is 3.07. The summed E-state index contributed by atoms with van der Waals surface area (Å²) in [5.41, 5.74) is 0.707. The summed E-state index contributed by atoms with van der Waals surface area (Å²) >= 11 is 3.23. The molecule has 0 atom stereocenters. The van der Waals surface area contributed by atoms with Crippen molar-refractivity contribution in [2.24, 2.45) is 0 Å².